The maximum absolute atomic E-state index is 13.5. The molecule has 0 bridgehead atoms. The topological polar surface area (TPSA) is 15.3 Å². The van der Waals surface area contributed by atoms with Gasteiger partial charge >= 0.3 is 0 Å². The summed E-state index contributed by atoms with van der Waals surface area (Å²) in [6.07, 6.45) is 5.11. The van der Waals surface area contributed by atoms with Crippen LogP contribution in [0.3, 0.4) is 0 Å². The van der Waals surface area contributed by atoms with Crippen molar-refractivity contribution in [1.29, 1.82) is 0 Å². The summed E-state index contributed by atoms with van der Waals surface area (Å²) in [5.74, 6) is 0.590. The number of halogens is 2. The molecule has 0 heterocycles. The molecule has 21 heavy (non-hydrogen) atoms. The molecule has 1 aliphatic carbocycles. The Morgan fingerprint density at radius 3 is 2.86 bits per heavy atom. The number of hydrogen-bond acceptors (Lipinski definition) is 2. The van der Waals surface area contributed by atoms with Crippen LogP contribution < -0.4 is 5.32 Å². The first-order valence-corrected chi connectivity index (χ1v) is 8.55. The summed E-state index contributed by atoms with van der Waals surface area (Å²) in [6.45, 7) is 4.00. The van der Waals surface area contributed by atoms with E-state index in [0.29, 0.717) is 11.0 Å². The average Bonchev–Trinajstić information content (AvgIpc) is 2.43. The zero-order chi connectivity index (χ0) is 15.5. The minimum atomic E-state index is -0.192. The molecule has 2 nitrogen and oxygen atoms in total. The van der Waals surface area contributed by atoms with Gasteiger partial charge in [0.1, 0.15) is 5.82 Å². The van der Waals surface area contributed by atoms with E-state index in [1.165, 1.54) is 31.7 Å². The first-order valence-electron chi connectivity index (χ1n) is 7.76. The van der Waals surface area contributed by atoms with Gasteiger partial charge in [0.05, 0.1) is 4.47 Å². The zero-order valence-electron chi connectivity index (χ0n) is 13.3. The lowest BCUT2D eigenvalue weighted by Crippen LogP contribution is -2.54. The van der Waals surface area contributed by atoms with Gasteiger partial charge in [-0.2, -0.15) is 0 Å². The van der Waals surface area contributed by atoms with Gasteiger partial charge in [-0.15, -0.1) is 0 Å². The molecular formula is C17H26BrFN2. The highest BCUT2D eigenvalue weighted by atomic mass is 79.9. The molecule has 1 aromatic rings. The number of nitrogens with zero attached hydrogens (tertiary/aromatic N) is 1. The third kappa shape index (κ3) is 4.05. The zero-order valence-corrected chi connectivity index (χ0v) is 14.8. The molecule has 1 aliphatic rings. The van der Waals surface area contributed by atoms with Crippen LogP contribution in [-0.2, 0) is 6.54 Å². The number of rotatable bonds is 5. The van der Waals surface area contributed by atoms with Gasteiger partial charge in [0.2, 0.25) is 0 Å². The van der Waals surface area contributed by atoms with E-state index in [1.807, 2.05) is 6.07 Å². The molecule has 1 aromatic carbocycles. The van der Waals surface area contributed by atoms with Crippen molar-refractivity contribution in [2.75, 3.05) is 20.6 Å². The Hall–Kier alpha value is -0.450. The van der Waals surface area contributed by atoms with Crippen LogP contribution in [0, 0.1) is 11.7 Å². The molecule has 2 atom stereocenters. The second kappa shape index (κ2) is 7.21. The molecule has 0 amide bonds. The number of likely N-dealkylation sites (N-methyl/N-ethyl adjacent to an activating group) is 1. The van der Waals surface area contributed by atoms with Crippen molar-refractivity contribution in [2.45, 2.75) is 44.7 Å². The van der Waals surface area contributed by atoms with E-state index in [4.69, 9.17) is 0 Å². The molecule has 2 rings (SSSR count). The van der Waals surface area contributed by atoms with Gasteiger partial charge < -0.3 is 10.2 Å². The van der Waals surface area contributed by atoms with Gasteiger partial charge in [-0.25, -0.2) is 4.39 Å². The van der Waals surface area contributed by atoms with Crippen molar-refractivity contribution in [2.24, 2.45) is 5.92 Å². The lowest BCUT2D eigenvalue weighted by Gasteiger charge is -2.45. The first kappa shape index (κ1) is 16.9. The van der Waals surface area contributed by atoms with E-state index >= 15 is 0 Å². The van der Waals surface area contributed by atoms with Gasteiger partial charge in [0.25, 0.3) is 0 Å². The predicted molar refractivity (Wildman–Crippen MR) is 89.9 cm³/mol. The van der Waals surface area contributed by atoms with E-state index in [-0.39, 0.29) is 11.4 Å². The monoisotopic (exact) mass is 356 g/mol. The maximum atomic E-state index is 13.5. The summed E-state index contributed by atoms with van der Waals surface area (Å²) >= 11 is 3.33. The third-order valence-electron chi connectivity index (χ3n) is 4.82. The fourth-order valence-corrected chi connectivity index (χ4v) is 3.88. The maximum Gasteiger partial charge on any atom is 0.137 e. The third-order valence-corrected chi connectivity index (χ3v) is 5.71. The number of hydrogen-bond donors (Lipinski definition) is 1. The second-order valence-electron chi connectivity index (χ2n) is 6.64. The highest BCUT2D eigenvalue weighted by Crippen LogP contribution is 2.35. The Labute approximate surface area is 136 Å². The van der Waals surface area contributed by atoms with Crippen molar-refractivity contribution in [3.63, 3.8) is 0 Å². The molecule has 4 heteroatoms. The van der Waals surface area contributed by atoms with Crippen LogP contribution in [0.15, 0.2) is 22.7 Å². The van der Waals surface area contributed by atoms with Crippen LogP contribution in [-0.4, -0.2) is 31.1 Å². The molecule has 0 saturated heterocycles. The minimum Gasteiger partial charge on any atom is -0.311 e. The normalized spacial score (nSPS) is 26.3. The van der Waals surface area contributed by atoms with Crippen molar-refractivity contribution in [3.05, 3.63) is 34.1 Å². The molecule has 1 fully saturated rings. The fourth-order valence-electron chi connectivity index (χ4n) is 3.47. The van der Waals surface area contributed by atoms with Crippen molar-refractivity contribution < 1.29 is 4.39 Å². The number of nitrogens with one attached hydrogen (secondary N) is 1. The number of benzene rings is 1. The van der Waals surface area contributed by atoms with Crippen molar-refractivity contribution in [1.82, 2.24) is 10.2 Å². The van der Waals surface area contributed by atoms with Crippen LogP contribution in [0.1, 0.15) is 38.2 Å². The smallest absolute Gasteiger partial charge is 0.137 e. The van der Waals surface area contributed by atoms with Gasteiger partial charge in [-0.1, -0.05) is 31.9 Å². The van der Waals surface area contributed by atoms with Crippen LogP contribution >= 0.6 is 15.9 Å². The van der Waals surface area contributed by atoms with Gasteiger partial charge in [0, 0.05) is 18.6 Å². The second-order valence-corrected chi connectivity index (χ2v) is 7.43. The quantitative estimate of drug-likeness (QED) is 0.850. The van der Waals surface area contributed by atoms with E-state index in [2.05, 4.69) is 47.2 Å². The summed E-state index contributed by atoms with van der Waals surface area (Å²) in [4.78, 5) is 2.37. The SMILES string of the molecule is CC1CCCC(CNCc2cccc(F)c2Br)(N(C)C)C1. The highest BCUT2D eigenvalue weighted by Gasteiger charge is 2.36. The average molecular weight is 357 g/mol. The summed E-state index contributed by atoms with van der Waals surface area (Å²) in [6, 6.07) is 5.21. The van der Waals surface area contributed by atoms with Crippen LogP contribution in [0.25, 0.3) is 0 Å². The summed E-state index contributed by atoms with van der Waals surface area (Å²) in [5, 5.41) is 3.54. The van der Waals surface area contributed by atoms with Crippen molar-refractivity contribution in [3.8, 4) is 0 Å². The molecular weight excluding hydrogens is 331 g/mol. The van der Waals surface area contributed by atoms with Crippen LogP contribution in [0.2, 0.25) is 0 Å². The van der Waals surface area contributed by atoms with Crippen molar-refractivity contribution >= 4 is 15.9 Å². The summed E-state index contributed by atoms with van der Waals surface area (Å²) in [7, 11) is 4.36. The Morgan fingerprint density at radius 1 is 1.43 bits per heavy atom. The van der Waals surface area contributed by atoms with Gasteiger partial charge in [-0.05, 0) is 60.4 Å². The minimum absolute atomic E-state index is 0.192. The molecule has 0 aliphatic heterocycles. The fraction of sp³-hybridized carbons (Fsp3) is 0.647. The van der Waals surface area contributed by atoms with Gasteiger partial charge in [-0.3, -0.25) is 0 Å². The Balaban J connectivity index is 1.98. The molecule has 0 spiro atoms. The highest BCUT2D eigenvalue weighted by molar-refractivity contribution is 9.10. The van der Waals surface area contributed by atoms with Crippen LogP contribution in [0.5, 0.6) is 0 Å². The Morgan fingerprint density at radius 2 is 2.19 bits per heavy atom. The Kier molecular flexibility index (Phi) is 5.81. The molecule has 2 unspecified atom stereocenters. The van der Waals surface area contributed by atoms with E-state index in [0.717, 1.165) is 18.0 Å². The summed E-state index contributed by atoms with van der Waals surface area (Å²) < 4.78 is 14.1. The van der Waals surface area contributed by atoms with E-state index < -0.39 is 0 Å². The standard InChI is InChI=1S/C17H26BrFN2/c1-13-6-5-9-17(10-13,21(2)3)12-20-11-14-7-4-8-15(19)16(14)18/h4,7-8,13,20H,5-6,9-12H2,1-3H3. The Bertz CT molecular complexity index is 478. The van der Waals surface area contributed by atoms with Crippen LogP contribution in [0.4, 0.5) is 4.39 Å². The lowest BCUT2D eigenvalue weighted by molar-refractivity contribution is 0.0749. The molecule has 1 saturated carbocycles. The lowest BCUT2D eigenvalue weighted by atomic mass is 9.75. The van der Waals surface area contributed by atoms with E-state index in [1.54, 1.807) is 6.07 Å². The summed E-state index contributed by atoms with van der Waals surface area (Å²) in [5.41, 5.74) is 1.21. The molecule has 1 N–H and O–H groups in total. The molecule has 0 radical (unpaired) electrons. The molecule has 118 valence electrons. The first-order chi connectivity index (χ1) is 9.94. The predicted octanol–water partition coefficient (Wildman–Crippen LogP) is 4.19. The van der Waals surface area contributed by atoms with Gasteiger partial charge in [0.15, 0.2) is 0 Å². The largest absolute Gasteiger partial charge is 0.311 e. The molecule has 0 aromatic heterocycles. The van der Waals surface area contributed by atoms with E-state index in [9.17, 15) is 4.39 Å².